The minimum absolute atomic E-state index is 0.576. The van der Waals surface area contributed by atoms with E-state index in [0.717, 1.165) is 25.8 Å². The smallest absolute Gasteiger partial charge is 0.0743 e. The van der Waals surface area contributed by atoms with Gasteiger partial charge < -0.3 is 10.4 Å². The number of aromatic nitrogens is 1. The molecule has 0 aliphatic carbocycles. The van der Waals surface area contributed by atoms with Crippen molar-refractivity contribution in [3.8, 4) is 0 Å². The molecule has 0 aliphatic rings. The summed E-state index contributed by atoms with van der Waals surface area (Å²) in [5.41, 5.74) is 0.699. The van der Waals surface area contributed by atoms with Gasteiger partial charge in [0.25, 0.3) is 0 Å². The van der Waals surface area contributed by atoms with E-state index in [1.165, 1.54) is 5.56 Å². The second-order valence-electron chi connectivity index (χ2n) is 4.53. The van der Waals surface area contributed by atoms with Crippen LogP contribution >= 0.6 is 0 Å². The van der Waals surface area contributed by atoms with Gasteiger partial charge in [-0.25, -0.2) is 0 Å². The zero-order valence-corrected chi connectivity index (χ0v) is 10.2. The number of rotatable bonds is 7. The average Bonchev–Trinajstić information content (AvgIpc) is 2.26. The van der Waals surface area contributed by atoms with E-state index in [-0.39, 0.29) is 0 Å². The monoisotopic (exact) mass is 222 g/mol. The lowest BCUT2D eigenvalue weighted by Crippen LogP contribution is -2.38. The van der Waals surface area contributed by atoms with E-state index in [2.05, 4.69) is 17.2 Å². The second kappa shape index (κ2) is 6.61. The fourth-order valence-corrected chi connectivity index (χ4v) is 1.77. The van der Waals surface area contributed by atoms with Gasteiger partial charge in [0.1, 0.15) is 0 Å². The lowest BCUT2D eigenvalue weighted by molar-refractivity contribution is 0.0504. The van der Waals surface area contributed by atoms with Crippen LogP contribution in [0.15, 0.2) is 24.5 Å². The molecule has 1 rings (SSSR count). The molecule has 90 valence electrons. The van der Waals surface area contributed by atoms with Crippen molar-refractivity contribution >= 4 is 0 Å². The van der Waals surface area contributed by atoms with Crippen molar-refractivity contribution in [2.75, 3.05) is 13.1 Å². The Balaban J connectivity index is 2.17. The second-order valence-corrected chi connectivity index (χ2v) is 4.53. The Morgan fingerprint density at radius 1 is 1.38 bits per heavy atom. The number of hydrogen-bond donors (Lipinski definition) is 2. The van der Waals surface area contributed by atoms with E-state index in [9.17, 15) is 5.11 Å². The average molecular weight is 222 g/mol. The van der Waals surface area contributed by atoms with Crippen molar-refractivity contribution in [1.29, 1.82) is 0 Å². The molecule has 0 amide bonds. The summed E-state index contributed by atoms with van der Waals surface area (Å²) in [7, 11) is 0. The molecule has 0 fully saturated rings. The van der Waals surface area contributed by atoms with Gasteiger partial charge in [0.15, 0.2) is 0 Å². The first-order valence-electron chi connectivity index (χ1n) is 5.96. The lowest BCUT2D eigenvalue weighted by atomic mass is 10.0. The third kappa shape index (κ3) is 5.24. The van der Waals surface area contributed by atoms with Gasteiger partial charge in [-0.05, 0) is 44.0 Å². The van der Waals surface area contributed by atoms with Gasteiger partial charge in [-0.15, -0.1) is 0 Å². The first-order valence-corrected chi connectivity index (χ1v) is 5.96. The van der Waals surface area contributed by atoms with E-state index in [0.29, 0.717) is 6.54 Å². The quantitative estimate of drug-likeness (QED) is 0.691. The van der Waals surface area contributed by atoms with Crippen molar-refractivity contribution in [3.05, 3.63) is 30.1 Å². The van der Waals surface area contributed by atoms with Gasteiger partial charge in [-0.1, -0.05) is 13.3 Å². The maximum Gasteiger partial charge on any atom is 0.0743 e. The number of aliphatic hydroxyl groups is 1. The first-order chi connectivity index (χ1) is 7.64. The molecular weight excluding hydrogens is 200 g/mol. The van der Waals surface area contributed by atoms with Gasteiger partial charge in [-0.2, -0.15) is 0 Å². The number of hydrogen-bond acceptors (Lipinski definition) is 3. The Labute approximate surface area is 97.9 Å². The molecule has 2 N–H and O–H groups in total. The van der Waals surface area contributed by atoms with Crippen molar-refractivity contribution in [2.45, 2.75) is 38.7 Å². The lowest BCUT2D eigenvalue weighted by Gasteiger charge is -2.23. The number of nitrogens with zero attached hydrogens (tertiary/aromatic N) is 1. The maximum absolute atomic E-state index is 9.94. The first kappa shape index (κ1) is 13.1. The molecule has 0 aliphatic heterocycles. The highest BCUT2D eigenvalue weighted by molar-refractivity contribution is 5.09. The fraction of sp³-hybridized carbons (Fsp3) is 0.615. The van der Waals surface area contributed by atoms with E-state index >= 15 is 0 Å². The Kier molecular flexibility index (Phi) is 5.43. The molecule has 3 nitrogen and oxygen atoms in total. The number of pyridine rings is 1. The molecule has 1 aromatic rings. The van der Waals surface area contributed by atoms with Crippen LogP contribution in [0.2, 0.25) is 0 Å². The van der Waals surface area contributed by atoms with E-state index in [4.69, 9.17) is 0 Å². The summed E-state index contributed by atoms with van der Waals surface area (Å²) in [6.45, 7) is 5.52. The van der Waals surface area contributed by atoms with Crippen LogP contribution in [0.1, 0.15) is 32.3 Å². The largest absolute Gasteiger partial charge is 0.389 e. The van der Waals surface area contributed by atoms with Crippen LogP contribution in [0.4, 0.5) is 0 Å². The highest BCUT2D eigenvalue weighted by atomic mass is 16.3. The Bertz CT molecular complexity index is 285. The molecule has 0 bridgehead atoms. The third-order valence-corrected chi connectivity index (χ3v) is 2.63. The van der Waals surface area contributed by atoms with Crippen LogP contribution in [-0.4, -0.2) is 28.8 Å². The van der Waals surface area contributed by atoms with Crippen LogP contribution in [0.25, 0.3) is 0 Å². The topological polar surface area (TPSA) is 45.1 Å². The SMILES string of the molecule is CCCC(C)(O)CNCCc1ccncc1. The number of nitrogens with one attached hydrogen (secondary N) is 1. The van der Waals surface area contributed by atoms with E-state index < -0.39 is 5.60 Å². The van der Waals surface area contributed by atoms with Crippen LogP contribution in [0, 0.1) is 0 Å². The Morgan fingerprint density at radius 3 is 2.69 bits per heavy atom. The molecule has 0 saturated heterocycles. The summed E-state index contributed by atoms with van der Waals surface area (Å²) < 4.78 is 0. The molecule has 16 heavy (non-hydrogen) atoms. The standard InChI is InChI=1S/C13H22N2O/c1-3-7-13(2,16)11-15-10-6-12-4-8-14-9-5-12/h4-5,8-9,15-16H,3,6-7,10-11H2,1-2H3. The summed E-state index contributed by atoms with van der Waals surface area (Å²) in [6, 6.07) is 4.04. The van der Waals surface area contributed by atoms with Crippen LogP contribution in [0.5, 0.6) is 0 Å². The van der Waals surface area contributed by atoms with Crippen molar-refractivity contribution in [3.63, 3.8) is 0 Å². The molecule has 3 heteroatoms. The van der Waals surface area contributed by atoms with E-state index in [1.807, 2.05) is 31.5 Å². The molecular formula is C13H22N2O. The summed E-state index contributed by atoms with van der Waals surface area (Å²) in [4.78, 5) is 3.98. The molecule has 1 unspecified atom stereocenters. The molecule has 1 heterocycles. The summed E-state index contributed by atoms with van der Waals surface area (Å²) in [5.74, 6) is 0. The van der Waals surface area contributed by atoms with E-state index in [1.54, 1.807) is 0 Å². The van der Waals surface area contributed by atoms with Gasteiger partial charge in [-0.3, -0.25) is 4.98 Å². The van der Waals surface area contributed by atoms with Crippen LogP contribution in [0.3, 0.4) is 0 Å². The predicted octanol–water partition coefficient (Wildman–Crippen LogP) is 1.76. The minimum atomic E-state index is -0.576. The summed E-state index contributed by atoms with van der Waals surface area (Å²) in [5, 5.41) is 13.2. The van der Waals surface area contributed by atoms with Gasteiger partial charge in [0, 0.05) is 18.9 Å². The Hall–Kier alpha value is -0.930. The molecule has 0 spiro atoms. The van der Waals surface area contributed by atoms with Gasteiger partial charge >= 0.3 is 0 Å². The van der Waals surface area contributed by atoms with Crippen molar-refractivity contribution in [2.24, 2.45) is 0 Å². The van der Waals surface area contributed by atoms with Crippen LogP contribution in [-0.2, 0) is 6.42 Å². The Morgan fingerprint density at radius 2 is 2.06 bits per heavy atom. The minimum Gasteiger partial charge on any atom is -0.389 e. The van der Waals surface area contributed by atoms with Gasteiger partial charge in [0.05, 0.1) is 5.60 Å². The highest BCUT2D eigenvalue weighted by Crippen LogP contribution is 2.09. The maximum atomic E-state index is 9.94. The van der Waals surface area contributed by atoms with Gasteiger partial charge in [0.2, 0.25) is 0 Å². The summed E-state index contributed by atoms with van der Waals surface area (Å²) >= 11 is 0. The fourth-order valence-electron chi connectivity index (χ4n) is 1.77. The molecule has 1 aromatic heterocycles. The van der Waals surface area contributed by atoms with Crippen molar-refractivity contribution in [1.82, 2.24) is 10.3 Å². The highest BCUT2D eigenvalue weighted by Gasteiger charge is 2.17. The molecule has 0 radical (unpaired) electrons. The predicted molar refractivity (Wildman–Crippen MR) is 66.3 cm³/mol. The zero-order chi connectivity index (χ0) is 11.9. The van der Waals surface area contributed by atoms with Crippen LogP contribution < -0.4 is 5.32 Å². The normalized spacial score (nSPS) is 14.7. The molecule has 0 aromatic carbocycles. The molecule has 1 atom stereocenters. The molecule has 0 saturated carbocycles. The third-order valence-electron chi connectivity index (χ3n) is 2.63. The summed E-state index contributed by atoms with van der Waals surface area (Å²) in [6.07, 6.45) is 6.45. The van der Waals surface area contributed by atoms with Crippen molar-refractivity contribution < 1.29 is 5.11 Å². The zero-order valence-electron chi connectivity index (χ0n) is 10.2.